The van der Waals surface area contributed by atoms with Gasteiger partial charge in [-0.15, -0.1) is 0 Å². The van der Waals surface area contributed by atoms with Gasteiger partial charge in [0.15, 0.2) is 12.2 Å². The van der Waals surface area contributed by atoms with Crippen LogP contribution in [0, 0.1) is 13.8 Å². The molecule has 10 N–H and O–H groups in total. The van der Waals surface area contributed by atoms with Crippen LogP contribution in [0.1, 0.15) is 108 Å². The van der Waals surface area contributed by atoms with Gasteiger partial charge in [-0.1, -0.05) is 47.5 Å². The number of esters is 2. The average Bonchev–Trinajstić information content (AvgIpc) is 3.20. The monoisotopic (exact) mass is 864 g/mol. The Balaban J connectivity index is 0.000000338. The fourth-order valence-electron chi connectivity index (χ4n) is 5.29. The van der Waals surface area contributed by atoms with Crippen LogP contribution >= 0.6 is 0 Å². The van der Waals surface area contributed by atoms with Crippen molar-refractivity contribution in [3.8, 4) is 11.5 Å². The zero-order valence-corrected chi connectivity index (χ0v) is 36.3. The fraction of sp³-hybridized carbons (Fsp3) is 0.391. The van der Waals surface area contributed by atoms with E-state index in [1.807, 2.05) is 0 Å². The molecule has 4 aromatic carbocycles. The number of benzene rings is 4. The molecule has 0 amide bonds. The van der Waals surface area contributed by atoms with E-state index in [4.69, 9.17) is 19.7 Å². The Labute approximate surface area is 361 Å². The minimum atomic E-state index is -2.40. The van der Waals surface area contributed by atoms with Crippen molar-refractivity contribution in [3.05, 3.63) is 129 Å². The minimum Gasteiger partial charge on any atom is -0.546 e. The first-order chi connectivity index (χ1) is 28.8. The molecule has 0 heterocycles. The number of quaternary nitrogens is 2. The van der Waals surface area contributed by atoms with Crippen LogP contribution in [-0.4, -0.2) is 90.9 Å². The number of carboxylic acid groups (broad SMARTS) is 2. The number of aliphatic carboxylic acids is 2. The summed E-state index contributed by atoms with van der Waals surface area (Å²) in [5.41, 5.74) is 4.10. The van der Waals surface area contributed by atoms with Gasteiger partial charge in [-0.2, -0.15) is 0 Å². The number of carboxylic acids is 2. The highest BCUT2D eigenvalue weighted by molar-refractivity contribution is 5.94. The lowest BCUT2D eigenvalue weighted by Crippen LogP contribution is -2.95. The summed E-state index contributed by atoms with van der Waals surface area (Å²) >= 11 is 0. The Hall–Kier alpha value is -5.88. The van der Waals surface area contributed by atoms with Gasteiger partial charge in [0.2, 0.25) is 0 Å². The summed E-state index contributed by atoms with van der Waals surface area (Å²) in [6.45, 7) is 16.7. The van der Waals surface area contributed by atoms with Gasteiger partial charge in [-0.05, 0) is 115 Å². The van der Waals surface area contributed by atoms with E-state index in [9.17, 15) is 49.8 Å². The van der Waals surface area contributed by atoms with Crippen molar-refractivity contribution in [1.29, 1.82) is 0 Å². The van der Waals surface area contributed by atoms with Gasteiger partial charge in [-0.3, -0.25) is 0 Å². The molecule has 0 aliphatic rings. The minimum absolute atomic E-state index is 0.0150. The van der Waals surface area contributed by atoms with E-state index in [0.29, 0.717) is 35.3 Å². The molecule has 0 bridgehead atoms. The first-order valence-electron chi connectivity index (χ1n) is 19.7. The van der Waals surface area contributed by atoms with E-state index in [1.54, 1.807) is 62.4 Å². The molecule has 0 spiro atoms. The smallest absolute Gasteiger partial charge is 0.338 e. The maximum absolute atomic E-state index is 12.1. The van der Waals surface area contributed by atoms with Crippen LogP contribution in [0.25, 0.3) is 0 Å². The number of aryl methyl sites for hydroxylation is 2. The number of aliphatic hydroxyl groups excluding tert-OH is 4. The molecule has 0 aliphatic heterocycles. The van der Waals surface area contributed by atoms with E-state index < -0.39 is 48.3 Å². The summed E-state index contributed by atoms with van der Waals surface area (Å²) in [5.74, 6) is -6.22. The number of phenols is 2. The molecule has 16 heteroatoms. The normalized spacial score (nSPS) is 13.2. The van der Waals surface area contributed by atoms with Gasteiger partial charge in [0, 0.05) is 11.1 Å². The Kier molecular flexibility index (Phi) is 20.2. The number of rotatable bonds is 15. The lowest BCUT2D eigenvalue weighted by atomic mass is 10.0. The molecule has 0 saturated carbocycles. The van der Waals surface area contributed by atoms with Gasteiger partial charge in [0.1, 0.15) is 36.8 Å². The Morgan fingerprint density at radius 1 is 0.565 bits per heavy atom. The number of hydrogen-bond donors (Lipinski definition) is 8. The van der Waals surface area contributed by atoms with Crippen molar-refractivity contribution in [2.75, 3.05) is 13.1 Å². The second kappa shape index (κ2) is 23.9. The van der Waals surface area contributed by atoms with Crippen LogP contribution in [0.15, 0.2) is 84.9 Å². The summed E-state index contributed by atoms with van der Waals surface area (Å²) < 4.78 is 9.44. The van der Waals surface area contributed by atoms with Crippen molar-refractivity contribution < 1.29 is 80.1 Å². The second-order valence-electron chi connectivity index (χ2n) is 16.8. The summed E-state index contributed by atoms with van der Waals surface area (Å²) in [5, 5.41) is 83.8. The number of nitrogens with two attached hydrogens (primary N) is 2. The van der Waals surface area contributed by atoms with Gasteiger partial charge in [0.05, 0.1) is 47.4 Å². The molecular formula is C46H60N2O14. The second-order valence-corrected chi connectivity index (χ2v) is 16.8. The van der Waals surface area contributed by atoms with E-state index in [1.165, 1.54) is 36.4 Å². The quantitative estimate of drug-likeness (QED) is 0.0737. The molecule has 4 aromatic rings. The largest absolute Gasteiger partial charge is 0.546 e. The van der Waals surface area contributed by atoms with Gasteiger partial charge < -0.3 is 70.5 Å². The summed E-state index contributed by atoms with van der Waals surface area (Å²) in [4.78, 5) is 47.0. The third-order valence-electron chi connectivity index (χ3n) is 9.01. The number of carbonyl (C=O) groups excluding carboxylic acids is 4. The number of hydrogen-bond acceptors (Lipinski definition) is 14. The predicted molar refractivity (Wildman–Crippen MR) is 222 cm³/mol. The zero-order chi connectivity index (χ0) is 46.9. The lowest BCUT2D eigenvalue weighted by molar-refractivity contribution is -0.723. The highest BCUT2D eigenvalue weighted by Gasteiger charge is 2.32. The van der Waals surface area contributed by atoms with E-state index >= 15 is 0 Å². The van der Waals surface area contributed by atoms with E-state index in [-0.39, 0.29) is 46.9 Å². The highest BCUT2D eigenvalue weighted by atomic mass is 16.6. The molecule has 0 radical (unpaired) electrons. The fourth-order valence-corrected chi connectivity index (χ4v) is 5.29. The summed E-state index contributed by atoms with van der Waals surface area (Å²) in [6.07, 6.45) is -5.98. The maximum atomic E-state index is 12.1. The van der Waals surface area contributed by atoms with Crippen LogP contribution in [0.5, 0.6) is 11.5 Å². The van der Waals surface area contributed by atoms with Crippen LogP contribution in [0.2, 0.25) is 0 Å². The van der Waals surface area contributed by atoms with Crippen molar-refractivity contribution in [2.24, 2.45) is 0 Å². The van der Waals surface area contributed by atoms with Gasteiger partial charge >= 0.3 is 11.9 Å². The summed E-state index contributed by atoms with van der Waals surface area (Å²) in [7, 11) is 0. The SMILES string of the molecule is CC(C)(C)[NH2+]C[C@@H](O)c1ccc(O)c(CO)c1.CC(C)(C)[NH2+]C[C@@H](O)c1ccc(O)c(CO)c1.Cc1ccc(C(=O)O[C@@H](C(=O)[O-])[C@@H](OC(=O)c2ccc(C)cc2)C(=O)[O-])cc1. The molecule has 0 aromatic heterocycles. The van der Waals surface area contributed by atoms with Crippen LogP contribution in [0.3, 0.4) is 0 Å². The van der Waals surface area contributed by atoms with Crippen molar-refractivity contribution >= 4 is 23.9 Å². The molecule has 62 heavy (non-hydrogen) atoms. The first kappa shape index (κ1) is 52.3. The molecular weight excluding hydrogens is 805 g/mol. The zero-order valence-electron chi connectivity index (χ0n) is 36.3. The molecule has 0 fully saturated rings. The first-order valence-corrected chi connectivity index (χ1v) is 19.7. The van der Waals surface area contributed by atoms with Crippen molar-refractivity contribution in [1.82, 2.24) is 0 Å². The van der Waals surface area contributed by atoms with Crippen LogP contribution in [-0.2, 0) is 32.3 Å². The molecule has 0 aliphatic carbocycles. The maximum Gasteiger partial charge on any atom is 0.338 e. The number of aromatic hydroxyl groups is 2. The number of carbonyl (C=O) groups is 4. The van der Waals surface area contributed by atoms with Gasteiger partial charge in [0.25, 0.3) is 0 Å². The van der Waals surface area contributed by atoms with Crippen molar-refractivity contribution in [2.45, 2.75) is 104 Å². The molecule has 338 valence electrons. The molecule has 4 atom stereocenters. The predicted octanol–water partition coefficient (Wildman–Crippen LogP) is 0.114. The topological polar surface area (TPSA) is 287 Å². The molecule has 0 saturated heterocycles. The molecule has 4 rings (SSSR count). The third-order valence-corrected chi connectivity index (χ3v) is 9.01. The van der Waals surface area contributed by atoms with E-state index in [0.717, 1.165) is 11.1 Å². The Morgan fingerprint density at radius 3 is 1.13 bits per heavy atom. The van der Waals surface area contributed by atoms with Crippen LogP contribution < -0.4 is 20.8 Å². The van der Waals surface area contributed by atoms with Gasteiger partial charge in [-0.25, -0.2) is 9.59 Å². The highest BCUT2D eigenvalue weighted by Crippen LogP contribution is 2.23. The molecule has 0 unspecified atom stereocenters. The molecule has 16 nitrogen and oxygen atoms in total. The summed E-state index contributed by atoms with van der Waals surface area (Å²) in [6, 6.07) is 21.4. The lowest BCUT2D eigenvalue weighted by Gasteiger charge is -2.28. The number of ether oxygens (including phenoxy) is 2. The average molecular weight is 865 g/mol. The van der Waals surface area contributed by atoms with Crippen molar-refractivity contribution in [3.63, 3.8) is 0 Å². The Morgan fingerprint density at radius 2 is 0.871 bits per heavy atom. The standard InChI is InChI=1S/C20H18O8.2C13H21NO3/c1-11-3-7-13(8-4-11)19(25)27-15(17(21)22)16(18(23)24)28-20(26)14-9-5-12(2)6-10-14;2*1-13(2,3)14-7-12(17)9-4-5-11(16)10(6-9)8-15/h3-10,15-16H,1-2H3,(H,21,22)(H,23,24);2*4-6,12,14-17H,7-8H2,1-3H3/t15-,16-;2*12-/m111/s1. The Bertz CT molecular complexity index is 1920. The van der Waals surface area contributed by atoms with Crippen LogP contribution in [0.4, 0.5) is 0 Å². The number of aliphatic hydroxyl groups is 4. The van der Waals surface area contributed by atoms with E-state index in [2.05, 4.69) is 52.2 Å². The third kappa shape index (κ3) is 18.0.